The van der Waals surface area contributed by atoms with Crippen molar-refractivity contribution in [2.24, 2.45) is 0 Å². The third-order valence-electron chi connectivity index (χ3n) is 5.59. The molecular formula is C29H37N3OS. The van der Waals surface area contributed by atoms with Gasteiger partial charge in [-0.1, -0.05) is 66.1 Å². The van der Waals surface area contributed by atoms with Gasteiger partial charge in [0.05, 0.1) is 24.2 Å². The maximum atomic E-state index is 13.9. The van der Waals surface area contributed by atoms with E-state index in [0.29, 0.717) is 12.1 Å². The van der Waals surface area contributed by atoms with Crippen molar-refractivity contribution in [2.75, 3.05) is 4.72 Å². The summed E-state index contributed by atoms with van der Waals surface area (Å²) in [7, 11) is 0. The Balaban J connectivity index is 1.96. The predicted molar refractivity (Wildman–Crippen MR) is 146 cm³/mol. The monoisotopic (exact) mass is 475 g/mol. The summed E-state index contributed by atoms with van der Waals surface area (Å²) in [6.07, 6.45) is 1.01. The Morgan fingerprint density at radius 1 is 0.824 bits per heavy atom. The highest BCUT2D eigenvalue weighted by molar-refractivity contribution is 7.98. The molecule has 0 aliphatic heterocycles. The van der Waals surface area contributed by atoms with E-state index in [1.807, 2.05) is 35.4 Å². The Labute approximate surface area is 209 Å². The summed E-state index contributed by atoms with van der Waals surface area (Å²) < 4.78 is 5.49. The number of hydrogen-bond acceptors (Lipinski definition) is 4. The predicted octanol–water partition coefficient (Wildman–Crippen LogP) is 7.51. The first-order valence-corrected chi connectivity index (χ1v) is 12.6. The van der Waals surface area contributed by atoms with Crippen LogP contribution in [0.25, 0.3) is 0 Å². The highest BCUT2D eigenvalue weighted by Crippen LogP contribution is 2.29. The molecule has 0 unspecified atom stereocenters. The number of nitrogens with one attached hydrogen (secondary N) is 1. The van der Waals surface area contributed by atoms with Gasteiger partial charge in [-0.25, -0.2) is 0 Å². The molecule has 0 heterocycles. The van der Waals surface area contributed by atoms with E-state index in [2.05, 4.69) is 93.9 Å². The second-order valence-electron chi connectivity index (χ2n) is 9.90. The molecule has 3 aromatic carbocycles. The van der Waals surface area contributed by atoms with Gasteiger partial charge >= 0.3 is 0 Å². The fourth-order valence-corrected chi connectivity index (χ4v) is 4.83. The zero-order valence-electron chi connectivity index (χ0n) is 21.5. The molecule has 5 heteroatoms. The Hall–Kier alpha value is -2.76. The van der Waals surface area contributed by atoms with Crippen molar-refractivity contribution in [3.8, 4) is 0 Å². The van der Waals surface area contributed by atoms with Gasteiger partial charge in [0, 0.05) is 11.3 Å². The largest absolute Gasteiger partial charge is 0.315 e. The second kappa shape index (κ2) is 11.1. The molecular weight excluding hydrogens is 438 g/mol. The highest BCUT2D eigenvalue weighted by atomic mass is 32.2. The van der Waals surface area contributed by atoms with Crippen LogP contribution in [-0.4, -0.2) is 20.9 Å². The third kappa shape index (κ3) is 6.87. The molecule has 0 aromatic heterocycles. The van der Waals surface area contributed by atoms with Gasteiger partial charge in [-0.3, -0.25) is 9.80 Å². The third-order valence-corrected chi connectivity index (χ3v) is 6.42. The fraction of sp³-hybridized carbons (Fsp3) is 0.345. The molecule has 0 spiro atoms. The van der Waals surface area contributed by atoms with E-state index in [4.69, 9.17) is 0 Å². The van der Waals surface area contributed by atoms with Crippen LogP contribution < -0.4 is 4.72 Å². The average Bonchev–Trinajstić information content (AvgIpc) is 2.77. The fourth-order valence-electron chi connectivity index (χ4n) is 3.87. The van der Waals surface area contributed by atoms with E-state index in [-0.39, 0.29) is 5.91 Å². The molecule has 0 atom stereocenters. The number of benzene rings is 3. The second-order valence-corrected chi connectivity index (χ2v) is 10.7. The zero-order valence-corrected chi connectivity index (χ0v) is 22.3. The summed E-state index contributed by atoms with van der Waals surface area (Å²) in [6.45, 7) is 15.1. The van der Waals surface area contributed by atoms with E-state index in [9.17, 15) is 4.79 Å². The number of rotatable bonds is 8. The van der Waals surface area contributed by atoms with Gasteiger partial charge < -0.3 is 4.72 Å². The quantitative estimate of drug-likeness (QED) is 0.270. The molecule has 3 aromatic rings. The lowest BCUT2D eigenvalue weighted by Crippen LogP contribution is -2.53. The Morgan fingerprint density at radius 3 is 1.91 bits per heavy atom. The van der Waals surface area contributed by atoms with Crippen LogP contribution in [0.5, 0.6) is 0 Å². The summed E-state index contributed by atoms with van der Waals surface area (Å²) in [5.74, 6) is -0.0114. The van der Waals surface area contributed by atoms with Gasteiger partial charge in [0.2, 0.25) is 0 Å². The van der Waals surface area contributed by atoms with Crippen molar-refractivity contribution in [2.45, 2.75) is 67.0 Å². The van der Waals surface area contributed by atoms with Crippen molar-refractivity contribution in [3.05, 3.63) is 100 Å². The van der Waals surface area contributed by atoms with E-state index in [0.717, 1.165) is 28.8 Å². The number of amides is 1. The van der Waals surface area contributed by atoms with Crippen molar-refractivity contribution in [3.63, 3.8) is 0 Å². The summed E-state index contributed by atoms with van der Waals surface area (Å²) >= 11 is 1.44. The molecule has 3 rings (SSSR count). The minimum absolute atomic E-state index is 0.0114. The number of carbonyl (C=O) groups excluding carboxylic acids is 1. The summed E-state index contributed by atoms with van der Waals surface area (Å²) in [5, 5.41) is 1.88. The van der Waals surface area contributed by atoms with Crippen LogP contribution >= 0.6 is 12.1 Å². The molecule has 0 aliphatic rings. The zero-order chi connectivity index (χ0) is 24.9. The lowest BCUT2D eigenvalue weighted by atomic mass is 10.0. The molecule has 1 N–H and O–H groups in total. The molecule has 0 saturated carbocycles. The lowest BCUT2D eigenvalue weighted by Gasteiger charge is -2.42. The first-order chi connectivity index (χ1) is 16.1. The number of carbonyl (C=O) groups is 1. The number of aryl methyl sites for hydroxylation is 4. The maximum absolute atomic E-state index is 13.9. The van der Waals surface area contributed by atoms with E-state index in [1.54, 1.807) is 0 Å². The maximum Gasteiger partial charge on any atom is 0.269 e. The average molecular weight is 476 g/mol. The minimum Gasteiger partial charge on any atom is -0.315 e. The SMILES string of the molecule is CCc1ccc(CN(SNc2ccc(C)cc2)N(C(=O)c2cc(C)cc(C)c2)C(C)(C)C)cc1. The van der Waals surface area contributed by atoms with Gasteiger partial charge in [-0.2, -0.15) is 0 Å². The standard InChI is InChI=1S/C29H37N3OS/c1-8-24-11-13-25(14-12-24)20-31(34-30-27-15-9-21(2)10-16-27)32(29(5,6)7)28(33)26-18-22(3)17-23(4)19-26/h9-19,30H,8,20H2,1-7H3. The molecule has 0 fully saturated rings. The molecule has 0 bridgehead atoms. The first-order valence-electron chi connectivity index (χ1n) is 11.8. The summed E-state index contributed by atoms with van der Waals surface area (Å²) in [5.41, 5.74) is 7.11. The normalized spacial score (nSPS) is 11.5. The molecule has 0 aliphatic carbocycles. The topological polar surface area (TPSA) is 35.6 Å². The van der Waals surface area contributed by atoms with Gasteiger partial charge in [0.15, 0.2) is 0 Å². The van der Waals surface area contributed by atoms with Crippen LogP contribution in [0.4, 0.5) is 5.69 Å². The van der Waals surface area contributed by atoms with Gasteiger partial charge in [0.1, 0.15) is 0 Å². The molecule has 180 valence electrons. The molecule has 0 radical (unpaired) electrons. The van der Waals surface area contributed by atoms with Crippen LogP contribution in [0.1, 0.15) is 65.9 Å². The van der Waals surface area contributed by atoms with Crippen LogP contribution in [-0.2, 0) is 13.0 Å². The smallest absolute Gasteiger partial charge is 0.269 e. The Morgan fingerprint density at radius 2 is 1.38 bits per heavy atom. The molecule has 34 heavy (non-hydrogen) atoms. The number of nitrogens with zero attached hydrogens (tertiary/aromatic N) is 2. The number of hydrogen-bond donors (Lipinski definition) is 1. The highest BCUT2D eigenvalue weighted by Gasteiger charge is 2.34. The van der Waals surface area contributed by atoms with Crippen molar-refractivity contribution < 1.29 is 4.79 Å². The summed E-state index contributed by atoms with van der Waals surface area (Å²) in [4.78, 5) is 13.9. The molecule has 1 amide bonds. The van der Waals surface area contributed by atoms with Crippen molar-refractivity contribution in [1.29, 1.82) is 0 Å². The lowest BCUT2D eigenvalue weighted by molar-refractivity contribution is -0.00665. The van der Waals surface area contributed by atoms with Crippen LogP contribution in [0.15, 0.2) is 66.7 Å². The first kappa shape index (κ1) is 25.9. The van der Waals surface area contributed by atoms with Crippen LogP contribution in [0.3, 0.4) is 0 Å². The van der Waals surface area contributed by atoms with Crippen LogP contribution in [0.2, 0.25) is 0 Å². The summed E-state index contributed by atoms with van der Waals surface area (Å²) in [6, 6.07) is 23.0. The molecule has 4 nitrogen and oxygen atoms in total. The number of anilines is 1. The Kier molecular flexibility index (Phi) is 8.45. The van der Waals surface area contributed by atoms with E-state index < -0.39 is 5.54 Å². The van der Waals surface area contributed by atoms with Crippen LogP contribution in [0, 0.1) is 20.8 Å². The van der Waals surface area contributed by atoms with Gasteiger partial charge in [-0.05, 0) is 83.4 Å². The minimum atomic E-state index is -0.431. The van der Waals surface area contributed by atoms with E-state index >= 15 is 0 Å². The van der Waals surface area contributed by atoms with Gasteiger partial charge in [-0.15, -0.1) is 4.41 Å². The Bertz CT molecular complexity index is 1080. The van der Waals surface area contributed by atoms with Crippen molar-refractivity contribution in [1.82, 2.24) is 9.42 Å². The molecule has 0 saturated heterocycles. The van der Waals surface area contributed by atoms with Crippen molar-refractivity contribution >= 4 is 23.7 Å². The van der Waals surface area contributed by atoms with Gasteiger partial charge in [0.25, 0.3) is 5.91 Å². The number of hydrazine groups is 1. The van der Waals surface area contributed by atoms with E-state index in [1.165, 1.54) is 23.3 Å².